The lowest BCUT2D eigenvalue weighted by Crippen LogP contribution is -2.58. The van der Waals surface area contributed by atoms with Gasteiger partial charge in [-0.3, -0.25) is 19.2 Å². The molecular formula is C25H39N3O4. The summed E-state index contributed by atoms with van der Waals surface area (Å²) in [5.41, 5.74) is -0.219. The average Bonchev–Trinajstić information content (AvgIpc) is 3.42. The van der Waals surface area contributed by atoms with Crippen molar-refractivity contribution in [2.45, 2.75) is 78.8 Å². The van der Waals surface area contributed by atoms with E-state index in [0.717, 1.165) is 19.3 Å². The highest BCUT2D eigenvalue weighted by Gasteiger charge is 2.60. The Kier molecular flexibility index (Phi) is 6.87. The summed E-state index contributed by atoms with van der Waals surface area (Å²) in [5, 5.41) is 5.41. The molecule has 178 valence electrons. The van der Waals surface area contributed by atoms with E-state index in [2.05, 4.69) is 31.1 Å². The van der Waals surface area contributed by atoms with Crippen LogP contribution in [0.2, 0.25) is 0 Å². The minimum Gasteiger partial charge on any atom is -0.346 e. The molecule has 0 radical (unpaired) electrons. The van der Waals surface area contributed by atoms with Crippen LogP contribution in [0.5, 0.6) is 0 Å². The third-order valence-corrected chi connectivity index (χ3v) is 7.11. The third-order valence-electron chi connectivity index (χ3n) is 7.11. The number of hydrogen-bond acceptors (Lipinski definition) is 4. The molecule has 2 saturated carbocycles. The van der Waals surface area contributed by atoms with Gasteiger partial charge in [0.2, 0.25) is 17.6 Å². The molecule has 1 heterocycles. The molecule has 3 amide bonds. The van der Waals surface area contributed by atoms with Gasteiger partial charge in [-0.05, 0) is 41.4 Å². The van der Waals surface area contributed by atoms with Crippen LogP contribution in [0.15, 0.2) is 12.7 Å². The molecule has 32 heavy (non-hydrogen) atoms. The normalized spacial score (nSPS) is 27.0. The standard InChI is InChI=1S/C25H39N3O4/c1-7-10-26-23(32)21(30)17(11-15-8-9-15)27-22(31)20-19-16(12-25(19,5)6)14-28(20)18(29)13-24(2,3)4/h7,15-17,19-20H,1,8-14H2,2-6H3,(H,26,32)(H,27,31). The van der Waals surface area contributed by atoms with Crippen molar-refractivity contribution in [2.75, 3.05) is 13.1 Å². The number of Topliss-reactive ketones (excluding diaryl/α,β-unsaturated/α-hetero) is 1. The van der Waals surface area contributed by atoms with Crippen LogP contribution in [0.25, 0.3) is 0 Å². The Bertz CT molecular complexity index is 793. The van der Waals surface area contributed by atoms with Crippen molar-refractivity contribution in [2.24, 2.45) is 28.6 Å². The van der Waals surface area contributed by atoms with Crippen molar-refractivity contribution in [1.29, 1.82) is 0 Å². The molecule has 3 fully saturated rings. The predicted octanol–water partition coefficient (Wildman–Crippen LogP) is 2.45. The molecule has 3 rings (SSSR count). The summed E-state index contributed by atoms with van der Waals surface area (Å²) in [6, 6.07) is -1.45. The first-order valence-electron chi connectivity index (χ1n) is 11.9. The number of hydrogen-bond donors (Lipinski definition) is 2. The number of likely N-dealkylation sites (tertiary alicyclic amines) is 1. The Morgan fingerprint density at radius 3 is 2.38 bits per heavy atom. The number of nitrogens with zero attached hydrogens (tertiary/aromatic N) is 1. The number of carbonyl (C=O) groups is 4. The molecule has 3 aliphatic rings. The second-order valence-electron chi connectivity index (χ2n) is 11.8. The summed E-state index contributed by atoms with van der Waals surface area (Å²) in [4.78, 5) is 53.5. The lowest BCUT2D eigenvalue weighted by atomic mass is 9.55. The largest absolute Gasteiger partial charge is 0.346 e. The monoisotopic (exact) mass is 445 g/mol. The lowest BCUT2D eigenvalue weighted by molar-refractivity contribution is -0.144. The first kappa shape index (κ1) is 24.5. The number of amides is 3. The van der Waals surface area contributed by atoms with E-state index >= 15 is 0 Å². The lowest BCUT2D eigenvalue weighted by Gasteiger charge is -2.49. The fourth-order valence-electron chi connectivity index (χ4n) is 5.54. The van der Waals surface area contributed by atoms with E-state index in [9.17, 15) is 19.2 Å². The zero-order valence-electron chi connectivity index (χ0n) is 20.2. The molecule has 0 bridgehead atoms. The second-order valence-corrected chi connectivity index (χ2v) is 11.8. The van der Waals surface area contributed by atoms with Gasteiger partial charge in [-0.15, -0.1) is 6.58 Å². The average molecular weight is 446 g/mol. The van der Waals surface area contributed by atoms with Crippen LogP contribution in [0, 0.1) is 28.6 Å². The van der Waals surface area contributed by atoms with Crippen molar-refractivity contribution < 1.29 is 19.2 Å². The minimum atomic E-state index is -0.860. The van der Waals surface area contributed by atoms with Gasteiger partial charge in [0.1, 0.15) is 6.04 Å². The van der Waals surface area contributed by atoms with Crippen LogP contribution < -0.4 is 10.6 Å². The molecule has 4 unspecified atom stereocenters. The summed E-state index contributed by atoms with van der Waals surface area (Å²) in [7, 11) is 0. The summed E-state index contributed by atoms with van der Waals surface area (Å²) in [6.45, 7) is 14.7. The first-order valence-corrected chi connectivity index (χ1v) is 11.9. The second kappa shape index (κ2) is 8.99. The summed E-state index contributed by atoms with van der Waals surface area (Å²) >= 11 is 0. The van der Waals surface area contributed by atoms with Crippen LogP contribution in [-0.2, 0) is 19.2 Å². The molecule has 7 heteroatoms. The molecule has 2 aliphatic carbocycles. The van der Waals surface area contributed by atoms with Gasteiger partial charge in [-0.1, -0.05) is 53.5 Å². The van der Waals surface area contributed by atoms with Gasteiger partial charge in [0, 0.05) is 19.5 Å². The fourth-order valence-corrected chi connectivity index (χ4v) is 5.54. The summed E-state index contributed by atoms with van der Waals surface area (Å²) < 4.78 is 0. The zero-order valence-corrected chi connectivity index (χ0v) is 20.2. The van der Waals surface area contributed by atoms with Gasteiger partial charge in [0.15, 0.2) is 0 Å². The van der Waals surface area contributed by atoms with Crippen molar-refractivity contribution in [3.8, 4) is 0 Å². The highest BCUT2D eigenvalue weighted by Crippen LogP contribution is 2.57. The molecule has 1 saturated heterocycles. The first-order chi connectivity index (χ1) is 14.8. The number of fused-ring (bicyclic) bond motifs is 1. The van der Waals surface area contributed by atoms with E-state index < -0.39 is 23.8 Å². The fraction of sp³-hybridized carbons (Fsp3) is 0.760. The topological polar surface area (TPSA) is 95.6 Å². The summed E-state index contributed by atoms with van der Waals surface area (Å²) in [6.07, 6.45) is 5.33. The van der Waals surface area contributed by atoms with Gasteiger partial charge in [0.25, 0.3) is 5.91 Å². The predicted molar refractivity (Wildman–Crippen MR) is 122 cm³/mol. The van der Waals surface area contributed by atoms with E-state index in [1.54, 1.807) is 4.90 Å². The molecule has 7 nitrogen and oxygen atoms in total. The highest BCUT2D eigenvalue weighted by molar-refractivity contribution is 6.38. The van der Waals surface area contributed by atoms with Crippen molar-refractivity contribution >= 4 is 23.5 Å². The van der Waals surface area contributed by atoms with Crippen molar-refractivity contribution in [3.05, 3.63) is 12.7 Å². The maximum atomic E-state index is 13.6. The Balaban J connectivity index is 1.78. The summed E-state index contributed by atoms with van der Waals surface area (Å²) in [5.74, 6) is -0.922. The third kappa shape index (κ3) is 5.41. The smallest absolute Gasteiger partial charge is 0.289 e. The van der Waals surface area contributed by atoms with Gasteiger partial charge in [-0.2, -0.15) is 0 Å². The molecular weight excluding hydrogens is 406 g/mol. The SMILES string of the molecule is C=CCNC(=O)C(=O)C(CC1CC1)NC(=O)C1C2C(CN1C(=O)CC(C)(C)C)CC2(C)C. The van der Waals surface area contributed by atoms with E-state index in [-0.39, 0.29) is 35.1 Å². The molecule has 2 N–H and O–H groups in total. The van der Waals surface area contributed by atoms with Crippen LogP contribution in [0.1, 0.15) is 66.7 Å². The van der Waals surface area contributed by atoms with Gasteiger partial charge in [0.05, 0.1) is 6.04 Å². The van der Waals surface area contributed by atoms with E-state index in [4.69, 9.17) is 0 Å². The van der Waals surface area contributed by atoms with Crippen LogP contribution >= 0.6 is 0 Å². The van der Waals surface area contributed by atoms with Crippen LogP contribution in [-0.4, -0.2) is 53.6 Å². The van der Waals surface area contributed by atoms with E-state index in [0.29, 0.717) is 31.2 Å². The maximum Gasteiger partial charge on any atom is 0.289 e. The van der Waals surface area contributed by atoms with E-state index in [1.165, 1.54) is 6.08 Å². The molecule has 0 spiro atoms. The number of rotatable bonds is 9. The quantitative estimate of drug-likeness (QED) is 0.421. The van der Waals surface area contributed by atoms with Crippen molar-refractivity contribution in [3.63, 3.8) is 0 Å². The van der Waals surface area contributed by atoms with Crippen LogP contribution in [0.4, 0.5) is 0 Å². The number of carbonyl (C=O) groups excluding carboxylic acids is 4. The Labute approximate surface area is 191 Å². The molecule has 0 aromatic heterocycles. The molecule has 0 aromatic carbocycles. The maximum absolute atomic E-state index is 13.6. The van der Waals surface area contributed by atoms with Gasteiger partial charge in [-0.25, -0.2) is 0 Å². The van der Waals surface area contributed by atoms with E-state index in [1.807, 2.05) is 20.8 Å². The van der Waals surface area contributed by atoms with Gasteiger partial charge < -0.3 is 15.5 Å². The molecule has 4 atom stereocenters. The van der Waals surface area contributed by atoms with Crippen LogP contribution in [0.3, 0.4) is 0 Å². The number of ketones is 1. The van der Waals surface area contributed by atoms with Crippen molar-refractivity contribution in [1.82, 2.24) is 15.5 Å². The van der Waals surface area contributed by atoms with Gasteiger partial charge >= 0.3 is 0 Å². The zero-order chi connectivity index (χ0) is 23.8. The number of nitrogens with one attached hydrogen (secondary N) is 2. The minimum absolute atomic E-state index is 0.0170. The Hall–Kier alpha value is -2.18. The Morgan fingerprint density at radius 2 is 1.84 bits per heavy atom. The molecule has 1 aliphatic heterocycles. The Morgan fingerprint density at radius 1 is 1.19 bits per heavy atom. The highest BCUT2D eigenvalue weighted by atomic mass is 16.2. The molecule has 0 aromatic rings.